The number of benzene rings is 1. The van der Waals surface area contributed by atoms with Gasteiger partial charge in [0.15, 0.2) is 5.96 Å². The molecule has 0 saturated carbocycles. The summed E-state index contributed by atoms with van der Waals surface area (Å²) in [5.41, 5.74) is 41.7. The average Bonchev–Trinajstić information content (AvgIpc) is 1.66. The van der Waals surface area contributed by atoms with E-state index in [4.69, 9.17) is 40.1 Å². The summed E-state index contributed by atoms with van der Waals surface area (Å²) in [6.45, 7) is 28.3. The number of aromatic nitrogens is 1. The molecular formula is C88H155N23O17. The molecule has 724 valence electrons. The Balaban J connectivity index is 2.57. The van der Waals surface area contributed by atoms with E-state index < -0.39 is 216 Å². The summed E-state index contributed by atoms with van der Waals surface area (Å²) in [6.07, 6.45) is 3.46. The number of rotatable bonds is 64. The van der Waals surface area contributed by atoms with Gasteiger partial charge in [-0.15, -0.1) is 0 Å². The van der Waals surface area contributed by atoms with Gasteiger partial charge in [0.25, 0.3) is 0 Å². The fourth-order valence-electron chi connectivity index (χ4n) is 14.3. The lowest BCUT2D eigenvalue weighted by atomic mass is 9.95. The van der Waals surface area contributed by atoms with E-state index in [0.717, 1.165) is 10.9 Å². The summed E-state index contributed by atoms with van der Waals surface area (Å²) in [6, 6.07) is -11.3. The highest BCUT2D eigenvalue weighted by Gasteiger charge is 2.41. The highest BCUT2D eigenvalue weighted by Crippen LogP contribution is 2.22. The van der Waals surface area contributed by atoms with Crippen LogP contribution in [0.4, 0.5) is 0 Å². The van der Waals surface area contributed by atoms with Crippen LogP contribution < -0.4 is 115 Å². The summed E-state index contributed by atoms with van der Waals surface area (Å²) >= 11 is 0. The predicted molar refractivity (Wildman–Crippen MR) is 489 cm³/mol. The van der Waals surface area contributed by atoms with Crippen molar-refractivity contribution in [3.63, 3.8) is 0 Å². The largest absolute Gasteiger partial charge is 0.481 e. The normalized spacial score (nSPS) is 15.1. The van der Waals surface area contributed by atoms with E-state index in [1.165, 1.54) is 0 Å². The van der Waals surface area contributed by atoms with E-state index in [2.05, 4.69) is 84.4 Å². The molecule has 0 spiro atoms. The van der Waals surface area contributed by atoms with Crippen molar-refractivity contribution in [1.82, 2.24) is 79.4 Å². The van der Waals surface area contributed by atoms with Gasteiger partial charge in [0.1, 0.15) is 84.6 Å². The second-order valence-electron chi connectivity index (χ2n) is 36.1. The van der Waals surface area contributed by atoms with Crippen molar-refractivity contribution in [3.05, 3.63) is 36.0 Å². The maximum Gasteiger partial charge on any atom is 0.303 e. The van der Waals surface area contributed by atoms with Gasteiger partial charge in [-0.1, -0.05) is 135 Å². The Morgan fingerprint density at radius 3 is 1.00 bits per heavy atom. The molecule has 15 atom stereocenters. The van der Waals surface area contributed by atoms with E-state index in [0.29, 0.717) is 37.7 Å². The van der Waals surface area contributed by atoms with Crippen LogP contribution in [0.15, 0.2) is 35.5 Å². The summed E-state index contributed by atoms with van der Waals surface area (Å²) in [7, 11) is 0. The smallest absolute Gasteiger partial charge is 0.303 e. The van der Waals surface area contributed by atoms with Gasteiger partial charge in [0, 0.05) is 36.5 Å². The molecule has 0 fully saturated rings. The van der Waals surface area contributed by atoms with Gasteiger partial charge < -0.3 is 125 Å². The topological polar surface area (TPSA) is 672 Å². The first kappa shape index (κ1) is 113. The Kier molecular flexibility index (Phi) is 52.7. The third-order valence-corrected chi connectivity index (χ3v) is 21.5. The van der Waals surface area contributed by atoms with Crippen molar-refractivity contribution >= 4 is 111 Å². The summed E-state index contributed by atoms with van der Waals surface area (Å²) in [4.78, 5) is 234. The first-order valence-corrected chi connectivity index (χ1v) is 45.4. The number of guanidine groups is 1. The number of aliphatic carboxylic acids is 1. The molecule has 40 heteroatoms. The minimum absolute atomic E-state index is 0.00439. The molecule has 40 nitrogen and oxygen atoms in total. The maximum atomic E-state index is 14.9. The Morgan fingerprint density at radius 2 is 0.664 bits per heavy atom. The summed E-state index contributed by atoms with van der Waals surface area (Å²) < 4.78 is 0. The number of nitrogens with two attached hydrogens (primary N) is 7. The number of carbonyl (C=O) groups is 16. The highest BCUT2D eigenvalue weighted by molar-refractivity contribution is 6.01. The molecule has 1 aromatic heterocycles. The predicted octanol–water partition coefficient (Wildman–Crippen LogP) is -0.164. The van der Waals surface area contributed by atoms with Crippen LogP contribution in [0.3, 0.4) is 0 Å². The van der Waals surface area contributed by atoms with Gasteiger partial charge in [0.05, 0.1) is 6.54 Å². The number of H-pyrrole nitrogens is 1. The lowest BCUT2D eigenvalue weighted by Gasteiger charge is -2.31. The third-order valence-electron chi connectivity index (χ3n) is 21.5. The second kappa shape index (κ2) is 59.5. The number of carbonyl (C=O) groups excluding carboxylic acids is 15. The van der Waals surface area contributed by atoms with E-state index in [9.17, 15) is 81.8 Å². The Morgan fingerprint density at radius 1 is 0.359 bits per heavy atom. The molecule has 128 heavy (non-hydrogen) atoms. The third kappa shape index (κ3) is 42.5. The molecule has 1 aromatic carbocycles. The minimum atomic E-state index is -1.66. The van der Waals surface area contributed by atoms with Crippen molar-refractivity contribution in [1.29, 1.82) is 0 Å². The zero-order valence-corrected chi connectivity index (χ0v) is 78.2. The number of primary amides is 1. The number of carboxylic acids is 1. The number of hydrogen-bond acceptors (Lipinski definition) is 21. The van der Waals surface area contributed by atoms with Crippen LogP contribution in [0.25, 0.3) is 10.9 Å². The molecule has 1 heterocycles. The zero-order chi connectivity index (χ0) is 96.8. The first-order chi connectivity index (χ1) is 60.2. The van der Waals surface area contributed by atoms with E-state index in [1.54, 1.807) is 89.3 Å². The fraction of sp³-hybridized carbons (Fsp3) is 0.716. The average molecular weight is 1810 g/mol. The molecule has 0 aliphatic rings. The number of para-hydroxylation sites is 1. The van der Waals surface area contributed by atoms with E-state index in [-0.39, 0.29) is 145 Å². The van der Waals surface area contributed by atoms with Crippen LogP contribution in [0.5, 0.6) is 0 Å². The minimum Gasteiger partial charge on any atom is -0.481 e. The number of unbranched alkanes of at least 4 members (excludes halogenated alkanes) is 3. The van der Waals surface area contributed by atoms with Crippen LogP contribution in [0.1, 0.15) is 238 Å². The molecule has 0 aliphatic heterocycles. The highest BCUT2D eigenvalue weighted by atomic mass is 16.4. The summed E-state index contributed by atoms with van der Waals surface area (Å²) in [5, 5.41) is 49.0. The van der Waals surface area contributed by atoms with E-state index in [1.807, 2.05) is 52.0 Å². The fourth-order valence-corrected chi connectivity index (χ4v) is 14.3. The van der Waals surface area contributed by atoms with Crippen molar-refractivity contribution in [2.45, 2.75) is 324 Å². The molecule has 0 bridgehead atoms. The van der Waals surface area contributed by atoms with Crippen LogP contribution >= 0.6 is 0 Å². The molecule has 0 aliphatic carbocycles. The molecule has 0 unspecified atom stereocenters. The maximum absolute atomic E-state index is 14.9. The van der Waals surface area contributed by atoms with Gasteiger partial charge in [-0.2, -0.15) is 0 Å². The van der Waals surface area contributed by atoms with E-state index >= 15 is 0 Å². The Labute approximate surface area is 754 Å². The van der Waals surface area contributed by atoms with Crippen LogP contribution in [-0.2, 0) is 83.1 Å². The Hall–Kier alpha value is -10.6. The molecule has 0 radical (unpaired) electrons. The number of nitrogens with zero attached hydrogens (tertiary/aromatic N) is 1. The standard InChI is InChI=1S/C88H155N23O17/c1-17-54(16)73(87(128)108-67(43-51(10)11)82(123)103-62(33-34-70(113)114)79(120)110-72(53(14)15)86(127)107-66(42-50(8)9)81(122)101-59(30-21-24-36-90)77(118)109-71(52(12)13)85(126)104-63(74(93)115)39-47(2)3)111-78(119)60(31-22-25-37-91)99-75(116)58(29-20-23-35-89)100-80(121)64(40-48(4)5)106-83(124)65(41-49(6)7)105-76(117)61(32-26-38-96-88(94)95)102-84(125)68(98-69(112)45-92)44-55-46-97-57-28-19-18-27-56(55)57/h18-19,27-28,46-54,58-68,71-73,97H,17,20-26,29-45,89-92H2,1-16H3,(H2,93,115)(H,98,112)(H,99,116)(H,100,121)(H,101,122)(H,102,125)(H,103,123)(H,104,126)(H,105,117)(H,106,124)(H,107,127)(H,108,128)(H,109,118)(H,110,120)(H,111,119)(H,113,114)(H4,94,95,96)/t54-,58-,59-,60-,61-,62-,63-,64-,65-,66-,67-,68-,71-,72-,73-/m0/s1. The monoisotopic (exact) mass is 1810 g/mol. The second-order valence-corrected chi connectivity index (χ2v) is 36.1. The number of carboxylic acid groups (broad SMARTS) is 1. The molecule has 2 aromatic rings. The molecule has 30 N–H and O–H groups in total. The number of amides is 15. The van der Waals surface area contributed by atoms with Crippen molar-refractivity contribution in [2.24, 2.45) is 92.5 Å². The summed E-state index contributed by atoms with van der Waals surface area (Å²) in [5.74, 6) is -16.5. The van der Waals surface area contributed by atoms with Gasteiger partial charge in [0.2, 0.25) is 88.6 Å². The quantitative estimate of drug-likeness (QED) is 0.0232. The lowest BCUT2D eigenvalue weighted by molar-refractivity contribution is -0.139. The van der Waals surface area contributed by atoms with Crippen LogP contribution in [0, 0.1) is 47.3 Å². The van der Waals surface area contributed by atoms with Gasteiger partial charge in [-0.05, 0) is 188 Å². The number of nitrogens with one attached hydrogen (secondary N) is 15. The number of aromatic amines is 1. The van der Waals surface area contributed by atoms with Crippen molar-refractivity contribution < 1.29 is 81.8 Å². The molecular weight excluding hydrogens is 1650 g/mol. The van der Waals surface area contributed by atoms with Gasteiger partial charge in [-0.3, -0.25) is 81.7 Å². The van der Waals surface area contributed by atoms with Crippen LogP contribution in [0.2, 0.25) is 0 Å². The zero-order valence-electron chi connectivity index (χ0n) is 78.2. The Bertz CT molecular complexity index is 3920. The number of hydrogen-bond donors (Lipinski definition) is 23. The van der Waals surface area contributed by atoms with Gasteiger partial charge in [-0.25, -0.2) is 0 Å². The van der Waals surface area contributed by atoms with Gasteiger partial charge >= 0.3 is 5.97 Å². The number of fused-ring (bicyclic) bond motifs is 1. The van der Waals surface area contributed by atoms with Crippen molar-refractivity contribution in [3.8, 4) is 0 Å². The van der Waals surface area contributed by atoms with Crippen molar-refractivity contribution in [2.75, 3.05) is 32.7 Å². The lowest BCUT2D eigenvalue weighted by Crippen LogP contribution is -2.62. The number of aliphatic imine (C=N–C) groups is 1. The molecule has 0 saturated heterocycles. The van der Waals surface area contributed by atoms with Crippen LogP contribution in [-0.4, -0.2) is 228 Å². The SMILES string of the molecule is CC[C@H](C)[C@H](NC(=O)[C@H](CCCCN)NC(=O)[C@H](CCCCN)NC(=O)[C@H](CC(C)C)NC(=O)[C@H](CC(C)C)NC(=O)[C@H](CCCN=C(N)N)NC(=O)[C@H](Cc1c[nH]c2ccccc12)NC(=O)CN)C(=O)N[C@@H](CC(C)C)C(=O)N[C@@H](CCC(=O)O)C(=O)N[C@H](C(=O)N[C@@H](CC(C)C)C(=O)N[C@@H](CCCCN)C(=O)N[C@H](C(=O)N[C@@H](CC(C)C)C(N)=O)C(C)C)C(C)C. The molecule has 15 amide bonds. The first-order valence-electron chi connectivity index (χ1n) is 45.4. The molecule has 2 rings (SSSR count).